The minimum Gasteiger partial charge on any atom is -0.362 e. The van der Waals surface area contributed by atoms with Crippen LogP contribution < -0.4 is 5.32 Å². The SMILES string of the molecule is N#Cc1sc(C=CNc2cccc(C(F)(F)F)c2)nc1C(F)(F)F. The lowest BCUT2D eigenvalue weighted by Gasteiger charge is -2.08. The Hall–Kier alpha value is -2.54. The van der Waals surface area contributed by atoms with Gasteiger partial charge in [0.1, 0.15) is 16.0 Å². The van der Waals surface area contributed by atoms with Crippen molar-refractivity contribution in [2.45, 2.75) is 12.4 Å². The van der Waals surface area contributed by atoms with E-state index in [1.165, 1.54) is 18.2 Å². The van der Waals surface area contributed by atoms with E-state index in [2.05, 4.69) is 10.3 Å². The van der Waals surface area contributed by atoms with Crippen LogP contribution in [0, 0.1) is 11.3 Å². The van der Waals surface area contributed by atoms with Gasteiger partial charge in [0.25, 0.3) is 0 Å². The number of halogens is 6. The predicted molar refractivity (Wildman–Crippen MR) is 75.9 cm³/mol. The van der Waals surface area contributed by atoms with Crippen molar-refractivity contribution in [1.82, 2.24) is 4.98 Å². The zero-order valence-electron chi connectivity index (χ0n) is 11.5. The Morgan fingerprint density at radius 1 is 1.12 bits per heavy atom. The third-order valence-corrected chi connectivity index (χ3v) is 3.60. The molecule has 0 spiro atoms. The fourth-order valence-electron chi connectivity index (χ4n) is 1.67. The molecule has 0 unspecified atom stereocenters. The van der Waals surface area contributed by atoms with Crippen molar-refractivity contribution < 1.29 is 26.3 Å². The zero-order valence-corrected chi connectivity index (χ0v) is 12.4. The largest absolute Gasteiger partial charge is 0.435 e. The molecule has 0 aliphatic heterocycles. The van der Waals surface area contributed by atoms with Gasteiger partial charge in [-0.25, -0.2) is 4.98 Å². The summed E-state index contributed by atoms with van der Waals surface area (Å²) in [5, 5.41) is 11.1. The van der Waals surface area contributed by atoms with Gasteiger partial charge in [0, 0.05) is 11.9 Å². The number of benzene rings is 1. The van der Waals surface area contributed by atoms with Crippen LogP contribution in [0.2, 0.25) is 0 Å². The molecule has 1 N–H and O–H groups in total. The number of aromatic nitrogens is 1. The average Bonchev–Trinajstić information content (AvgIpc) is 2.90. The van der Waals surface area contributed by atoms with E-state index in [0.717, 1.165) is 24.4 Å². The first-order valence-corrected chi connectivity index (χ1v) is 7.01. The number of anilines is 1. The summed E-state index contributed by atoms with van der Waals surface area (Å²) in [6.07, 6.45) is -6.96. The summed E-state index contributed by atoms with van der Waals surface area (Å²) in [5.41, 5.74) is -2.04. The van der Waals surface area contributed by atoms with E-state index in [0.29, 0.717) is 11.3 Å². The van der Waals surface area contributed by atoms with E-state index in [9.17, 15) is 26.3 Å². The van der Waals surface area contributed by atoms with Gasteiger partial charge in [-0.3, -0.25) is 0 Å². The summed E-state index contributed by atoms with van der Waals surface area (Å²) >= 11 is 0.530. The number of hydrogen-bond acceptors (Lipinski definition) is 4. The van der Waals surface area contributed by atoms with Crippen molar-refractivity contribution in [2.24, 2.45) is 0 Å². The van der Waals surface area contributed by atoms with E-state index in [1.807, 2.05) is 0 Å². The van der Waals surface area contributed by atoms with Crippen LogP contribution in [0.1, 0.15) is 21.1 Å². The maximum absolute atomic E-state index is 12.6. The second kappa shape index (κ2) is 6.52. The smallest absolute Gasteiger partial charge is 0.362 e. The Morgan fingerprint density at radius 2 is 1.83 bits per heavy atom. The van der Waals surface area contributed by atoms with Crippen molar-refractivity contribution in [3.63, 3.8) is 0 Å². The molecule has 24 heavy (non-hydrogen) atoms. The Bertz CT molecular complexity index is 798. The molecule has 1 aromatic carbocycles. The van der Waals surface area contributed by atoms with Crippen LogP contribution >= 0.6 is 11.3 Å². The van der Waals surface area contributed by atoms with E-state index in [4.69, 9.17) is 5.26 Å². The topological polar surface area (TPSA) is 48.7 Å². The molecule has 2 rings (SSSR count). The number of nitrogens with zero attached hydrogens (tertiary/aromatic N) is 2. The van der Waals surface area contributed by atoms with Crippen molar-refractivity contribution >= 4 is 23.1 Å². The Balaban J connectivity index is 2.16. The van der Waals surface area contributed by atoms with Gasteiger partial charge in [0.15, 0.2) is 5.69 Å². The molecular formula is C14H7F6N3S. The Morgan fingerprint density at radius 3 is 2.38 bits per heavy atom. The number of hydrogen-bond donors (Lipinski definition) is 1. The second-order valence-corrected chi connectivity index (χ2v) is 5.43. The van der Waals surface area contributed by atoms with E-state index in [1.54, 1.807) is 0 Å². The highest BCUT2D eigenvalue weighted by atomic mass is 32.1. The Labute approximate surface area is 135 Å². The number of rotatable bonds is 3. The highest BCUT2D eigenvalue weighted by Crippen LogP contribution is 2.34. The number of thiazole rings is 1. The minimum atomic E-state index is -4.75. The summed E-state index contributed by atoms with van der Waals surface area (Å²) in [7, 11) is 0. The molecule has 0 saturated carbocycles. The van der Waals surface area contributed by atoms with Gasteiger partial charge in [0.05, 0.1) is 5.56 Å². The van der Waals surface area contributed by atoms with Gasteiger partial charge in [-0.2, -0.15) is 31.6 Å². The highest BCUT2D eigenvalue weighted by molar-refractivity contribution is 7.13. The van der Waals surface area contributed by atoms with Crippen LogP contribution in [-0.2, 0) is 12.4 Å². The molecule has 0 saturated heterocycles. The third kappa shape index (κ3) is 4.26. The van der Waals surface area contributed by atoms with Gasteiger partial charge in [-0.15, -0.1) is 11.3 Å². The monoisotopic (exact) mass is 363 g/mol. The lowest BCUT2D eigenvalue weighted by Crippen LogP contribution is -2.07. The summed E-state index contributed by atoms with van der Waals surface area (Å²) in [5.74, 6) is 0. The van der Waals surface area contributed by atoms with Gasteiger partial charge >= 0.3 is 12.4 Å². The van der Waals surface area contributed by atoms with Gasteiger partial charge < -0.3 is 5.32 Å². The molecule has 0 aliphatic carbocycles. The molecule has 126 valence electrons. The number of nitrogens with one attached hydrogen (secondary N) is 1. The summed E-state index contributed by atoms with van der Waals surface area (Å²) in [6.45, 7) is 0. The lowest BCUT2D eigenvalue weighted by molar-refractivity contribution is -0.141. The number of nitriles is 1. The van der Waals surface area contributed by atoms with Crippen LogP contribution in [0.15, 0.2) is 30.5 Å². The Kier molecular flexibility index (Phi) is 4.84. The van der Waals surface area contributed by atoms with Crippen LogP contribution in [0.25, 0.3) is 6.08 Å². The van der Waals surface area contributed by atoms with Crippen LogP contribution in [0.5, 0.6) is 0 Å². The summed E-state index contributed by atoms with van der Waals surface area (Å²) in [4.78, 5) is 2.72. The van der Waals surface area contributed by atoms with Gasteiger partial charge in [0.2, 0.25) is 0 Å². The van der Waals surface area contributed by atoms with E-state index >= 15 is 0 Å². The average molecular weight is 363 g/mol. The minimum absolute atomic E-state index is 0.0987. The quantitative estimate of drug-likeness (QED) is 0.769. The molecule has 0 fully saturated rings. The molecule has 10 heteroatoms. The molecular weight excluding hydrogens is 356 g/mol. The maximum atomic E-state index is 12.6. The third-order valence-electron chi connectivity index (χ3n) is 2.68. The fourth-order valence-corrected chi connectivity index (χ4v) is 2.46. The first-order chi connectivity index (χ1) is 11.1. The molecule has 0 atom stereocenters. The molecule has 1 heterocycles. The first kappa shape index (κ1) is 17.8. The van der Waals surface area contributed by atoms with E-state index in [-0.39, 0.29) is 10.7 Å². The van der Waals surface area contributed by atoms with Crippen LogP contribution in [0.3, 0.4) is 0 Å². The zero-order chi connectivity index (χ0) is 18.0. The van der Waals surface area contributed by atoms with Gasteiger partial charge in [-0.05, 0) is 24.3 Å². The van der Waals surface area contributed by atoms with Crippen molar-refractivity contribution in [2.75, 3.05) is 5.32 Å². The molecule has 2 aromatic rings. The van der Waals surface area contributed by atoms with Crippen LogP contribution in [0.4, 0.5) is 32.0 Å². The summed E-state index contributed by atoms with van der Waals surface area (Å²) in [6, 6.07) is 5.72. The van der Waals surface area contributed by atoms with Crippen molar-refractivity contribution in [3.8, 4) is 6.07 Å². The first-order valence-electron chi connectivity index (χ1n) is 6.20. The van der Waals surface area contributed by atoms with Gasteiger partial charge in [-0.1, -0.05) is 6.07 Å². The standard InChI is InChI=1S/C14H7F6N3S/c15-13(16,17)8-2-1-3-9(6-8)22-5-4-11-23-12(14(18,19)20)10(7-21)24-11/h1-6,22H. The van der Waals surface area contributed by atoms with Crippen molar-refractivity contribution in [1.29, 1.82) is 5.26 Å². The predicted octanol–water partition coefficient (Wildman–Crippen LogP) is 5.14. The second-order valence-electron chi connectivity index (χ2n) is 4.40. The maximum Gasteiger partial charge on any atom is 0.435 e. The van der Waals surface area contributed by atoms with Crippen molar-refractivity contribution in [3.05, 3.63) is 51.6 Å². The van der Waals surface area contributed by atoms with Crippen LogP contribution in [-0.4, -0.2) is 4.98 Å². The molecule has 0 bridgehead atoms. The summed E-state index contributed by atoms with van der Waals surface area (Å²) < 4.78 is 75.6. The normalized spacial score (nSPS) is 12.4. The molecule has 1 aromatic heterocycles. The lowest BCUT2D eigenvalue weighted by atomic mass is 10.2. The molecule has 3 nitrogen and oxygen atoms in total. The molecule has 0 radical (unpaired) electrons. The molecule has 0 amide bonds. The highest BCUT2D eigenvalue weighted by Gasteiger charge is 2.37. The molecule has 0 aliphatic rings. The number of alkyl halides is 6. The fraction of sp³-hybridized carbons (Fsp3) is 0.143. The van der Waals surface area contributed by atoms with E-state index < -0.39 is 28.5 Å².